The van der Waals surface area contributed by atoms with Gasteiger partial charge in [0.2, 0.25) is 17.0 Å². The van der Waals surface area contributed by atoms with E-state index in [1.807, 2.05) is 55.5 Å². The Kier molecular flexibility index (Phi) is 6.72. The molecule has 3 N–H and O–H groups in total. The van der Waals surface area contributed by atoms with Crippen molar-refractivity contribution in [3.63, 3.8) is 0 Å². The number of carbonyl (C=O) groups excluding carboxylic acids is 1. The fraction of sp³-hybridized carbons (Fsp3) is 0.261. The molecule has 0 spiro atoms. The summed E-state index contributed by atoms with van der Waals surface area (Å²) >= 11 is 7.52. The van der Waals surface area contributed by atoms with Crippen LogP contribution in [0.2, 0.25) is 5.02 Å². The van der Waals surface area contributed by atoms with E-state index in [1.165, 1.54) is 0 Å². The number of halogens is 1. The van der Waals surface area contributed by atoms with Crippen LogP contribution < -0.4 is 15.8 Å². The average Bonchev–Trinajstić information content (AvgIpc) is 3.19. The van der Waals surface area contributed by atoms with Crippen LogP contribution in [0.1, 0.15) is 37.4 Å². The lowest BCUT2D eigenvalue weighted by Crippen LogP contribution is -2.31. The predicted molar refractivity (Wildman–Crippen MR) is 127 cm³/mol. The van der Waals surface area contributed by atoms with Gasteiger partial charge >= 0.3 is 0 Å². The van der Waals surface area contributed by atoms with Gasteiger partial charge < -0.3 is 15.8 Å². The SMILES string of the molecule is CCCSc1nc2n(n1)C(c1ccc(OCc3ccc(Cl)cc3)cc1)C(C(N)=O)=C(C)N2. The second-order valence-corrected chi connectivity index (χ2v) is 8.92. The Morgan fingerprint density at radius 1 is 1.22 bits per heavy atom. The Morgan fingerprint density at radius 3 is 2.59 bits per heavy atom. The average molecular weight is 470 g/mol. The van der Waals surface area contributed by atoms with Crippen molar-refractivity contribution in [2.75, 3.05) is 11.1 Å². The van der Waals surface area contributed by atoms with Gasteiger partial charge in [-0.25, -0.2) is 4.68 Å². The number of thioether (sulfide) groups is 1. The number of hydrogen-bond acceptors (Lipinski definition) is 6. The van der Waals surface area contributed by atoms with Crippen LogP contribution in [-0.4, -0.2) is 26.4 Å². The number of benzene rings is 2. The van der Waals surface area contributed by atoms with Gasteiger partial charge in [-0.1, -0.05) is 54.6 Å². The summed E-state index contributed by atoms with van der Waals surface area (Å²) in [6, 6.07) is 14.7. The molecule has 1 amide bonds. The first-order valence-corrected chi connectivity index (χ1v) is 11.7. The molecule has 0 radical (unpaired) electrons. The fourth-order valence-electron chi connectivity index (χ4n) is 3.51. The van der Waals surface area contributed by atoms with Gasteiger partial charge in [-0.3, -0.25) is 4.79 Å². The minimum Gasteiger partial charge on any atom is -0.489 e. The number of primary amides is 1. The highest BCUT2D eigenvalue weighted by molar-refractivity contribution is 7.99. The number of hydrogen-bond donors (Lipinski definition) is 2. The number of allylic oxidation sites excluding steroid dienone is 1. The molecule has 0 saturated heterocycles. The number of ether oxygens (including phenoxy) is 1. The van der Waals surface area contributed by atoms with Gasteiger partial charge in [-0.05, 0) is 48.7 Å². The van der Waals surface area contributed by atoms with Crippen molar-refractivity contribution in [3.05, 3.63) is 76.0 Å². The number of nitrogens with one attached hydrogen (secondary N) is 1. The summed E-state index contributed by atoms with van der Waals surface area (Å²) in [7, 11) is 0. The molecule has 0 fully saturated rings. The molecule has 0 saturated carbocycles. The lowest BCUT2D eigenvalue weighted by atomic mass is 9.95. The molecule has 9 heteroatoms. The van der Waals surface area contributed by atoms with Crippen molar-refractivity contribution in [3.8, 4) is 5.75 Å². The summed E-state index contributed by atoms with van der Waals surface area (Å²) in [4.78, 5) is 16.9. The molecule has 1 unspecified atom stereocenters. The highest BCUT2D eigenvalue weighted by atomic mass is 35.5. The first-order chi connectivity index (χ1) is 15.5. The molecular weight excluding hydrogens is 446 g/mol. The number of aromatic nitrogens is 3. The number of anilines is 1. The molecule has 1 aliphatic heterocycles. The Hall–Kier alpha value is -2.97. The number of fused-ring (bicyclic) bond motifs is 1. The number of nitrogens with two attached hydrogens (primary N) is 1. The van der Waals surface area contributed by atoms with Crippen LogP contribution in [0.5, 0.6) is 5.75 Å². The molecule has 1 aliphatic rings. The summed E-state index contributed by atoms with van der Waals surface area (Å²) in [5, 5.41) is 9.16. The zero-order chi connectivity index (χ0) is 22.7. The molecular formula is C23H24ClN5O2S. The smallest absolute Gasteiger partial charge is 0.248 e. The maximum absolute atomic E-state index is 12.3. The quantitative estimate of drug-likeness (QED) is 0.461. The van der Waals surface area contributed by atoms with Crippen molar-refractivity contribution in [2.45, 2.75) is 38.1 Å². The highest BCUT2D eigenvalue weighted by Gasteiger charge is 2.33. The van der Waals surface area contributed by atoms with Crippen LogP contribution >= 0.6 is 23.4 Å². The third-order valence-electron chi connectivity index (χ3n) is 5.05. The summed E-state index contributed by atoms with van der Waals surface area (Å²) in [6.07, 6.45) is 1.02. The summed E-state index contributed by atoms with van der Waals surface area (Å²) < 4.78 is 7.62. The molecule has 2 heterocycles. The number of carbonyl (C=O) groups is 1. The van der Waals surface area contributed by atoms with Crippen LogP contribution in [0.15, 0.2) is 65.0 Å². The van der Waals surface area contributed by atoms with Gasteiger partial charge in [0.1, 0.15) is 18.4 Å². The van der Waals surface area contributed by atoms with Crippen LogP contribution in [0.3, 0.4) is 0 Å². The summed E-state index contributed by atoms with van der Waals surface area (Å²) in [5.74, 6) is 1.74. The van der Waals surface area contributed by atoms with E-state index in [9.17, 15) is 4.79 Å². The van der Waals surface area contributed by atoms with E-state index < -0.39 is 11.9 Å². The zero-order valence-electron chi connectivity index (χ0n) is 17.8. The Morgan fingerprint density at radius 2 is 1.94 bits per heavy atom. The molecule has 2 aromatic carbocycles. The maximum atomic E-state index is 12.3. The third-order valence-corrected chi connectivity index (χ3v) is 6.34. The third kappa shape index (κ3) is 4.76. The van der Waals surface area contributed by atoms with Gasteiger partial charge in [-0.2, -0.15) is 4.98 Å². The molecule has 7 nitrogen and oxygen atoms in total. The van der Waals surface area contributed by atoms with Gasteiger partial charge in [0.15, 0.2) is 0 Å². The van der Waals surface area contributed by atoms with Gasteiger partial charge in [-0.15, -0.1) is 5.10 Å². The molecule has 0 bridgehead atoms. The maximum Gasteiger partial charge on any atom is 0.248 e. The van der Waals surface area contributed by atoms with E-state index in [0.29, 0.717) is 34.0 Å². The van der Waals surface area contributed by atoms with E-state index in [0.717, 1.165) is 29.1 Å². The number of amides is 1. The fourth-order valence-corrected chi connectivity index (χ4v) is 4.32. The molecule has 1 aromatic heterocycles. The van der Waals surface area contributed by atoms with E-state index in [1.54, 1.807) is 16.4 Å². The molecule has 3 aromatic rings. The monoisotopic (exact) mass is 469 g/mol. The van der Waals surface area contributed by atoms with E-state index in [2.05, 4.69) is 22.3 Å². The van der Waals surface area contributed by atoms with Gasteiger partial charge in [0, 0.05) is 16.5 Å². The van der Waals surface area contributed by atoms with Crippen molar-refractivity contribution < 1.29 is 9.53 Å². The van der Waals surface area contributed by atoms with E-state index in [-0.39, 0.29) is 0 Å². The Labute approximate surface area is 196 Å². The molecule has 4 rings (SSSR count). The normalized spacial score (nSPS) is 15.3. The first-order valence-electron chi connectivity index (χ1n) is 10.3. The van der Waals surface area contributed by atoms with Crippen LogP contribution in [0.4, 0.5) is 5.95 Å². The molecule has 0 aliphatic carbocycles. The van der Waals surface area contributed by atoms with Crippen molar-refractivity contribution in [1.82, 2.24) is 14.8 Å². The topological polar surface area (TPSA) is 95.1 Å². The Bertz CT molecular complexity index is 1140. The Balaban J connectivity index is 1.59. The minimum atomic E-state index is -0.494. The zero-order valence-corrected chi connectivity index (χ0v) is 19.4. The predicted octanol–water partition coefficient (Wildman–Crippen LogP) is 4.79. The second kappa shape index (κ2) is 9.67. The summed E-state index contributed by atoms with van der Waals surface area (Å²) in [5.41, 5.74) is 8.78. The lowest BCUT2D eigenvalue weighted by molar-refractivity contribution is -0.115. The highest BCUT2D eigenvalue weighted by Crippen LogP contribution is 2.36. The van der Waals surface area contributed by atoms with E-state index >= 15 is 0 Å². The van der Waals surface area contributed by atoms with Crippen LogP contribution in [-0.2, 0) is 11.4 Å². The summed E-state index contributed by atoms with van der Waals surface area (Å²) in [6.45, 7) is 4.37. The molecule has 166 valence electrons. The molecule has 1 atom stereocenters. The largest absolute Gasteiger partial charge is 0.489 e. The van der Waals surface area contributed by atoms with E-state index in [4.69, 9.17) is 22.1 Å². The first kappa shape index (κ1) is 22.2. The molecule has 32 heavy (non-hydrogen) atoms. The minimum absolute atomic E-state index is 0.431. The number of nitrogens with zero attached hydrogens (tertiary/aromatic N) is 3. The lowest BCUT2D eigenvalue weighted by Gasteiger charge is -2.27. The van der Waals surface area contributed by atoms with Crippen molar-refractivity contribution in [1.29, 1.82) is 0 Å². The van der Waals surface area contributed by atoms with Gasteiger partial charge in [0.25, 0.3) is 0 Å². The van der Waals surface area contributed by atoms with Crippen molar-refractivity contribution >= 4 is 35.2 Å². The second-order valence-electron chi connectivity index (χ2n) is 7.43. The van der Waals surface area contributed by atoms with Crippen LogP contribution in [0, 0.1) is 0 Å². The van der Waals surface area contributed by atoms with Gasteiger partial charge in [0.05, 0.1) is 5.57 Å². The van der Waals surface area contributed by atoms with Crippen molar-refractivity contribution in [2.24, 2.45) is 5.73 Å². The standard InChI is InChI=1S/C23H24ClN5O2S/c1-3-12-32-23-27-22-26-14(2)19(21(25)30)20(29(22)28-23)16-6-10-18(11-7-16)31-13-15-4-8-17(24)9-5-15/h4-11,20H,3,12-13H2,1-2H3,(H2,25,30)(H,26,27,28). The van der Waals surface area contributed by atoms with Crippen LogP contribution in [0.25, 0.3) is 0 Å². The number of rotatable bonds is 8.